The molecule has 0 saturated carbocycles. The third-order valence-corrected chi connectivity index (χ3v) is 4.14. The van der Waals surface area contributed by atoms with Crippen molar-refractivity contribution in [3.63, 3.8) is 0 Å². The zero-order valence-electron chi connectivity index (χ0n) is 14.7. The molecule has 0 N–H and O–H groups in total. The van der Waals surface area contributed by atoms with Gasteiger partial charge in [-0.25, -0.2) is 9.59 Å². The Bertz CT molecular complexity index is 786. The van der Waals surface area contributed by atoms with Crippen molar-refractivity contribution in [1.82, 2.24) is 0 Å². The van der Waals surface area contributed by atoms with Gasteiger partial charge in [-0.1, -0.05) is 0 Å². The number of hydrogen-bond acceptors (Lipinski definition) is 6. The van der Waals surface area contributed by atoms with Crippen molar-refractivity contribution in [1.29, 1.82) is 0 Å². The fourth-order valence-corrected chi connectivity index (χ4v) is 2.43. The summed E-state index contributed by atoms with van der Waals surface area (Å²) in [7, 11) is 0. The highest BCUT2D eigenvalue weighted by Crippen LogP contribution is 2.10. The van der Waals surface area contributed by atoms with E-state index in [4.69, 9.17) is 32.7 Å². The van der Waals surface area contributed by atoms with E-state index in [0.717, 1.165) is 0 Å². The first-order valence-electron chi connectivity index (χ1n) is 8.32. The molecular weight excluding hydrogens is 407 g/mol. The highest BCUT2D eigenvalue weighted by Gasteiger charge is 2.10. The Balaban J connectivity index is 1.65. The van der Waals surface area contributed by atoms with Gasteiger partial charge < -0.3 is 9.47 Å². The molecule has 0 unspecified atom stereocenters. The normalized spacial score (nSPS) is 10.2. The zero-order valence-corrected chi connectivity index (χ0v) is 16.2. The van der Waals surface area contributed by atoms with Gasteiger partial charge in [-0.3, -0.25) is 9.59 Å². The molecule has 0 aliphatic heterocycles. The average Bonchev–Trinajstić information content (AvgIpc) is 2.70. The van der Waals surface area contributed by atoms with Gasteiger partial charge in [0.15, 0.2) is 0 Å². The molecule has 0 amide bonds. The van der Waals surface area contributed by atoms with E-state index >= 15 is 0 Å². The second-order valence-electron chi connectivity index (χ2n) is 5.68. The topological polar surface area (TPSA) is 86.7 Å². The summed E-state index contributed by atoms with van der Waals surface area (Å²) in [5.41, 5.74) is 1.21. The fourth-order valence-electron chi connectivity index (χ4n) is 2.18. The molecule has 0 heterocycles. The Hall–Kier alpha value is -2.70. The number of carbonyl (C=O) groups excluding carboxylic acids is 4. The number of rotatable bonds is 9. The molecule has 0 spiro atoms. The summed E-state index contributed by atoms with van der Waals surface area (Å²) in [5, 5.41) is -1.20. The lowest BCUT2D eigenvalue weighted by atomic mass is 10.1. The van der Waals surface area contributed by atoms with Crippen molar-refractivity contribution in [2.75, 3.05) is 13.2 Å². The molecule has 0 radical (unpaired) electrons. The summed E-state index contributed by atoms with van der Waals surface area (Å²) in [6.07, 6.45) is 1.02. The zero-order chi connectivity index (χ0) is 20.5. The highest BCUT2D eigenvalue weighted by molar-refractivity contribution is 6.68. The molecule has 0 aliphatic carbocycles. The average molecular weight is 423 g/mol. The minimum Gasteiger partial charge on any atom is -0.462 e. The molecule has 0 saturated heterocycles. The number of benzene rings is 2. The monoisotopic (exact) mass is 422 g/mol. The van der Waals surface area contributed by atoms with Gasteiger partial charge in [0.25, 0.3) is 10.5 Å². The van der Waals surface area contributed by atoms with E-state index in [9.17, 15) is 19.2 Å². The molecule has 146 valence electrons. The minimum atomic E-state index is -0.599. The molecule has 28 heavy (non-hydrogen) atoms. The smallest absolute Gasteiger partial charge is 0.338 e. The van der Waals surface area contributed by atoms with Gasteiger partial charge in [0.05, 0.1) is 24.3 Å². The fraction of sp³-hybridized carbons (Fsp3) is 0.200. The number of hydrogen-bond donors (Lipinski definition) is 0. The molecule has 0 fully saturated rings. The van der Waals surface area contributed by atoms with Crippen LogP contribution in [-0.4, -0.2) is 35.6 Å². The van der Waals surface area contributed by atoms with Crippen LogP contribution in [0.4, 0.5) is 0 Å². The summed E-state index contributed by atoms with van der Waals surface area (Å²) >= 11 is 10.7. The number of esters is 2. The first-order chi connectivity index (χ1) is 13.4. The van der Waals surface area contributed by atoms with Crippen molar-refractivity contribution < 1.29 is 28.7 Å². The van der Waals surface area contributed by atoms with Crippen LogP contribution in [0.15, 0.2) is 48.5 Å². The van der Waals surface area contributed by atoms with E-state index in [1.165, 1.54) is 48.5 Å². The molecule has 2 aromatic carbocycles. The van der Waals surface area contributed by atoms with Crippen LogP contribution < -0.4 is 0 Å². The van der Waals surface area contributed by atoms with Gasteiger partial charge in [-0.2, -0.15) is 0 Å². The third-order valence-electron chi connectivity index (χ3n) is 3.70. The highest BCUT2D eigenvalue weighted by atomic mass is 35.5. The van der Waals surface area contributed by atoms with Crippen LogP contribution in [0, 0.1) is 0 Å². The summed E-state index contributed by atoms with van der Waals surface area (Å²) in [6.45, 7) is 0.332. The second-order valence-corrected chi connectivity index (χ2v) is 6.37. The minimum absolute atomic E-state index is 0.166. The largest absolute Gasteiger partial charge is 0.462 e. The van der Waals surface area contributed by atoms with Crippen molar-refractivity contribution in [3.05, 3.63) is 70.8 Å². The van der Waals surface area contributed by atoms with Gasteiger partial charge in [0.1, 0.15) is 0 Å². The third kappa shape index (κ3) is 6.48. The summed E-state index contributed by atoms with van der Waals surface area (Å²) < 4.78 is 10.2. The molecule has 2 rings (SSSR count). The standard InChI is InChI=1S/C20H16Cl2O6/c21-17(23)13-3-7-15(8-4-13)19(25)27-11-1-2-12-28-20(26)16-9-5-14(6-10-16)18(22)24/h3-10H,1-2,11-12H2. The summed E-state index contributed by atoms with van der Waals surface area (Å²) in [4.78, 5) is 45.7. The first kappa shape index (κ1) is 21.6. The van der Waals surface area contributed by atoms with Crippen LogP contribution in [0.25, 0.3) is 0 Å². The van der Waals surface area contributed by atoms with Gasteiger partial charge >= 0.3 is 11.9 Å². The van der Waals surface area contributed by atoms with Crippen LogP contribution in [0.1, 0.15) is 54.3 Å². The van der Waals surface area contributed by atoms with Crippen molar-refractivity contribution >= 4 is 45.6 Å². The lowest BCUT2D eigenvalue weighted by Crippen LogP contribution is -2.09. The van der Waals surface area contributed by atoms with Crippen LogP contribution in [0.2, 0.25) is 0 Å². The number of carbonyl (C=O) groups is 4. The van der Waals surface area contributed by atoms with E-state index in [2.05, 4.69) is 0 Å². The van der Waals surface area contributed by atoms with E-state index < -0.39 is 22.4 Å². The van der Waals surface area contributed by atoms with Crippen LogP contribution in [0.5, 0.6) is 0 Å². The molecule has 0 bridgehead atoms. The lowest BCUT2D eigenvalue weighted by Gasteiger charge is -2.07. The molecule has 8 heteroatoms. The Morgan fingerprint density at radius 2 is 0.857 bits per heavy atom. The second kappa shape index (κ2) is 10.6. The predicted molar refractivity (Wildman–Crippen MR) is 103 cm³/mol. The molecule has 0 aliphatic rings. The van der Waals surface area contributed by atoms with E-state index in [1.807, 2.05) is 0 Å². The maximum Gasteiger partial charge on any atom is 0.338 e. The number of halogens is 2. The van der Waals surface area contributed by atoms with E-state index in [0.29, 0.717) is 35.1 Å². The Labute approximate surface area is 171 Å². The van der Waals surface area contributed by atoms with Gasteiger partial charge in [0, 0.05) is 11.1 Å². The van der Waals surface area contributed by atoms with Crippen molar-refractivity contribution in [3.8, 4) is 0 Å². The Morgan fingerprint density at radius 3 is 1.14 bits per heavy atom. The number of ether oxygens (including phenoxy) is 2. The molecule has 0 atom stereocenters. The molecule has 2 aromatic rings. The first-order valence-corrected chi connectivity index (χ1v) is 9.08. The van der Waals surface area contributed by atoms with Gasteiger partial charge in [-0.15, -0.1) is 0 Å². The van der Waals surface area contributed by atoms with Gasteiger partial charge in [0.2, 0.25) is 0 Å². The quantitative estimate of drug-likeness (QED) is 0.341. The molecular formula is C20H16Cl2O6. The van der Waals surface area contributed by atoms with Crippen LogP contribution >= 0.6 is 23.2 Å². The maximum absolute atomic E-state index is 11.9. The molecule has 6 nitrogen and oxygen atoms in total. The molecule has 0 aromatic heterocycles. The maximum atomic E-state index is 11.9. The van der Waals surface area contributed by atoms with E-state index in [1.54, 1.807) is 0 Å². The lowest BCUT2D eigenvalue weighted by molar-refractivity contribution is 0.0432. The van der Waals surface area contributed by atoms with Crippen LogP contribution in [-0.2, 0) is 9.47 Å². The van der Waals surface area contributed by atoms with Crippen LogP contribution in [0.3, 0.4) is 0 Å². The Morgan fingerprint density at radius 1 is 0.571 bits per heavy atom. The SMILES string of the molecule is O=C(Cl)c1ccc(C(=O)OCCCCOC(=O)c2ccc(C(=O)Cl)cc2)cc1. The summed E-state index contributed by atoms with van der Waals surface area (Å²) in [6, 6.07) is 11.6. The van der Waals surface area contributed by atoms with Gasteiger partial charge in [-0.05, 0) is 84.6 Å². The predicted octanol–water partition coefficient (Wildman–Crippen LogP) is 4.24. The van der Waals surface area contributed by atoms with Crippen molar-refractivity contribution in [2.45, 2.75) is 12.8 Å². The number of unbranched alkanes of at least 4 members (excludes halogenated alkanes) is 1. The van der Waals surface area contributed by atoms with E-state index in [-0.39, 0.29) is 13.2 Å². The Kier molecular flexibility index (Phi) is 8.17. The summed E-state index contributed by atoms with van der Waals surface area (Å²) in [5.74, 6) is -1.03. The van der Waals surface area contributed by atoms with Crippen molar-refractivity contribution in [2.24, 2.45) is 0 Å².